The fourth-order valence-electron chi connectivity index (χ4n) is 0.768. The van der Waals surface area contributed by atoms with Crippen molar-refractivity contribution in [2.24, 2.45) is 0 Å². The maximum Gasteiger partial charge on any atom is 0.312 e. The molecule has 10 heavy (non-hydrogen) atoms. The van der Waals surface area contributed by atoms with Crippen LogP contribution in [0.15, 0.2) is 24.3 Å². The number of nitrogens with one attached hydrogen (secondary N) is 1. The van der Waals surface area contributed by atoms with Crippen molar-refractivity contribution >= 4 is 11.6 Å². The van der Waals surface area contributed by atoms with Gasteiger partial charge in [-0.3, -0.25) is 0 Å². The lowest BCUT2D eigenvalue weighted by atomic mass is 10.2. The van der Waals surface area contributed by atoms with E-state index in [9.17, 15) is 0 Å². The van der Waals surface area contributed by atoms with Crippen LogP contribution in [0.25, 0.3) is 0 Å². The van der Waals surface area contributed by atoms with Gasteiger partial charge in [0, 0.05) is 5.56 Å². The van der Waals surface area contributed by atoms with E-state index in [1.54, 1.807) is 0 Å². The molecule has 0 atom stereocenters. The molecule has 1 aromatic carbocycles. The number of hydrogen-bond acceptors (Lipinski definition) is 1. The predicted octanol–water partition coefficient (Wildman–Crippen LogP) is 2.34. The minimum atomic E-state index is 0.792. The van der Waals surface area contributed by atoms with Crippen LogP contribution in [0.1, 0.15) is 11.1 Å². The van der Waals surface area contributed by atoms with Gasteiger partial charge in [0.2, 0.25) is 5.75 Å². The molecule has 0 bridgehead atoms. The monoisotopic (exact) mass is 152 g/mol. The number of benzene rings is 1. The summed E-state index contributed by atoms with van der Waals surface area (Å²) in [5.74, 6) is 0.792. The summed E-state index contributed by atoms with van der Waals surface area (Å²) in [6.45, 7) is 2.07. The Bertz CT molecular complexity index is 215. The molecule has 1 aromatic rings. The van der Waals surface area contributed by atoms with Crippen LogP contribution in [0.2, 0.25) is 0 Å². The molecule has 0 aliphatic rings. The summed E-state index contributed by atoms with van der Waals surface area (Å²) in [6, 6.07) is 8.28. The van der Waals surface area contributed by atoms with E-state index in [-0.39, 0.29) is 0 Å². The summed E-state index contributed by atoms with van der Waals surface area (Å²) in [7, 11) is 0. The van der Waals surface area contributed by atoms with Crippen molar-refractivity contribution in [2.45, 2.75) is 12.7 Å². The Balaban J connectivity index is 2.78. The lowest BCUT2D eigenvalue weighted by Gasteiger charge is -1.90. The van der Waals surface area contributed by atoms with Gasteiger partial charge in [0.25, 0.3) is 0 Å². The summed E-state index contributed by atoms with van der Waals surface area (Å²) < 4.78 is 6.91. The summed E-state index contributed by atoms with van der Waals surface area (Å²) in [4.78, 5) is 0. The molecule has 0 spiro atoms. The molecular formula is C8H10NS+. The van der Waals surface area contributed by atoms with Crippen LogP contribution in [-0.4, -0.2) is 0 Å². The molecule has 0 fully saturated rings. The highest BCUT2D eigenvalue weighted by Crippen LogP contribution is 2.02. The van der Waals surface area contributed by atoms with Crippen LogP contribution in [0.3, 0.4) is 0 Å². The summed E-state index contributed by atoms with van der Waals surface area (Å²) in [5.41, 5.74) is 2.50. The van der Waals surface area contributed by atoms with Gasteiger partial charge in [0.05, 0.1) is 0 Å². The van der Waals surface area contributed by atoms with E-state index in [2.05, 4.69) is 31.2 Å². The Morgan fingerprint density at radius 1 is 1.30 bits per heavy atom. The van der Waals surface area contributed by atoms with Crippen molar-refractivity contribution in [1.82, 2.24) is 0 Å². The normalized spacial score (nSPS) is 9.30. The van der Waals surface area contributed by atoms with Crippen LogP contribution in [-0.2, 0) is 17.3 Å². The lowest BCUT2D eigenvalue weighted by molar-refractivity contribution is 1.36. The maximum absolute atomic E-state index is 6.91. The first kappa shape index (κ1) is 7.35. The number of hydrogen-bond donors (Lipinski definition) is 1. The highest BCUT2D eigenvalue weighted by molar-refractivity contribution is 7.65. The largest absolute Gasteiger partial charge is 0.312 e. The molecule has 0 saturated heterocycles. The second-order valence-electron chi connectivity index (χ2n) is 2.27. The molecule has 2 heteroatoms. The van der Waals surface area contributed by atoms with Crippen molar-refractivity contribution in [1.29, 1.82) is 4.78 Å². The Kier molecular flexibility index (Phi) is 2.51. The van der Waals surface area contributed by atoms with Crippen molar-refractivity contribution in [3.63, 3.8) is 0 Å². The average Bonchev–Trinajstić information content (AvgIpc) is 1.95. The third kappa shape index (κ3) is 1.88. The quantitative estimate of drug-likeness (QED) is 0.629. The summed E-state index contributed by atoms with van der Waals surface area (Å²) in [5, 5.41) is 0. The molecule has 0 heterocycles. The van der Waals surface area contributed by atoms with E-state index in [4.69, 9.17) is 4.78 Å². The summed E-state index contributed by atoms with van der Waals surface area (Å²) in [6.07, 6.45) is 0. The molecule has 0 saturated carbocycles. The molecule has 1 N–H and O–H groups in total. The van der Waals surface area contributed by atoms with Gasteiger partial charge in [-0.1, -0.05) is 29.8 Å². The Morgan fingerprint density at radius 3 is 2.40 bits per heavy atom. The lowest BCUT2D eigenvalue weighted by Crippen LogP contribution is -1.80. The van der Waals surface area contributed by atoms with Gasteiger partial charge in [-0.05, 0) is 11.7 Å². The van der Waals surface area contributed by atoms with E-state index < -0.39 is 0 Å². The molecular weight excluding hydrogens is 142 g/mol. The van der Waals surface area contributed by atoms with Gasteiger partial charge in [-0.2, -0.15) is 0 Å². The molecule has 0 unspecified atom stereocenters. The second kappa shape index (κ2) is 3.42. The van der Waals surface area contributed by atoms with Crippen molar-refractivity contribution in [2.75, 3.05) is 0 Å². The third-order valence-electron chi connectivity index (χ3n) is 1.36. The van der Waals surface area contributed by atoms with E-state index in [1.165, 1.54) is 11.1 Å². The Hall–Kier alpha value is -0.760. The number of aryl methyl sites for hydroxylation is 1. The van der Waals surface area contributed by atoms with Crippen LogP contribution in [0, 0.1) is 11.7 Å². The zero-order valence-corrected chi connectivity index (χ0v) is 6.74. The predicted molar refractivity (Wildman–Crippen MR) is 45.0 cm³/mol. The standard InChI is InChI=1S/C8H10NS/c1-7-2-4-8(5-3-7)6-10-9/h2-5,9H,6H2,1H3/q+1. The topological polar surface area (TPSA) is 23.9 Å². The molecule has 0 aromatic heterocycles. The Labute approximate surface area is 65.0 Å². The van der Waals surface area contributed by atoms with Gasteiger partial charge in [-0.15, -0.1) is 0 Å². The smallest absolute Gasteiger partial charge is 0.0589 e. The van der Waals surface area contributed by atoms with E-state index in [1.807, 2.05) is 0 Å². The molecule has 0 aliphatic heterocycles. The molecule has 0 amide bonds. The first-order chi connectivity index (χ1) is 4.83. The fraction of sp³-hybridized carbons (Fsp3) is 0.250. The zero-order chi connectivity index (χ0) is 7.40. The van der Waals surface area contributed by atoms with Gasteiger partial charge >= 0.3 is 11.6 Å². The average molecular weight is 152 g/mol. The molecule has 52 valence electrons. The van der Waals surface area contributed by atoms with E-state index >= 15 is 0 Å². The van der Waals surface area contributed by atoms with Crippen molar-refractivity contribution < 1.29 is 0 Å². The first-order valence-electron chi connectivity index (χ1n) is 3.17. The third-order valence-corrected chi connectivity index (χ3v) is 1.84. The highest BCUT2D eigenvalue weighted by atomic mass is 32.1. The molecule has 1 nitrogen and oxygen atoms in total. The minimum absolute atomic E-state index is 0.792. The van der Waals surface area contributed by atoms with Gasteiger partial charge in [0.15, 0.2) is 0 Å². The zero-order valence-electron chi connectivity index (χ0n) is 5.92. The van der Waals surface area contributed by atoms with E-state index in [0.717, 1.165) is 17.3 Å². The Morgan fingerprint density at radius 2 is 1.90 bits per heavy atom. The van der Waals surface area contributed by atoms with Crippen LogP contribution in [0.5, 0.6) is 0 Å². The number of rotatable bonds is 2. The van der Waals surface area contributed by atoms with Gasteiger partial charge in [-0.25, -0.2) is 0 Å². The second-order valence-corrected chi connectivity index (χ2v) is 2.85. The summed E-state index contributed by atoms with van der Waals surface area (Å²) >= 11 is 1.11. The first-order valence-corrected chi connectivity index (χ1v) is 4.15. The van der Waals surface area contributed by atoms with E-state index in [0.29, 0.717) is 0 Å². The van der Waals surface area contributed by atoms with Crippen molar-refractivity contribution in [3.8, 4) is 0 Å². The minimum Gasteiger partial charge on any atom is -0.0589 e. The molecule has 1 rings (SSSR count). The molecule has 0 aliphatic carbocycles. The SMILES string of the molecule is Cc1ccc(C[S+]=N)cc1. The van der Waals surface area contributed by atoms with Crippen LogP contribution >= 0.6 is 0 Å². The molecule has 0 radical (unpaired) electrons. The van der Waals surface area contributed by atoms with Crippen molar-refractivity contribution in [3.05, 3.63) is 35.4 Å². The van der Waals surface area contributed by atoms with Gasteiger partial charge in [0.1, 0.15) is 0 Å². The highest BCUT2D eigenvalue weighted by Gasteiger charge is 1.96. The maximum atomic E-state index is 6.91. The van der Waals surface area contributed by atoms with Crippen LogP contribution in [0.4, 0.5) is 0 Å². The fourth-order valence-corrected chi connectivity index (χ4v) is 1.13. The van der Waals surface area contributed by atoms with Gasteiger partial charge < -0.3 is 0 Å². The van der Waals surface area contributed by atoms with Crippen LogP contribution < -0.4 is 0 Å².